The zero-order valence-electron chi connectivity index (χ0n) is 24.7. The summed E-state index contributed by atoms with van der Waals surface area (Å²) >= 11 is 1.65. The van der Waals surface area contributed by atoms with Crippen molar-refractivity contribution in [1.82, 2.24) is 9.80 Å². The number of carbonyl (C=O) groups excluding carboxylic acids is 3. The first-order valence-electron chi connectivity index (χ1n) is 14.7. The summed E-state index contributed by atoms with van der Waals surface area (Å²) in [6.45, 7) is 14.3. The van der Waals surface area contributed by atoms with Crippen molar-refractivity contribution in [2.75, 3.05) is 24.6 Å². The van der Waals surface area contributed by atoms with E-state index in [1.165, 1.54) is 0 Å². The molecule has 42 heavy (non-hydrogen) atoms. The molecule has 2 unspecified atom stereocenters. The number of amides is 3. The van der Waals surface area contributed by atoms with Gasteiger partial charge >= 0.3 is 0 Å². The molecule has 3 amide bonds. The van der Waals surface area contributed by atoms with Gasteiger partial charge < -0.3 is 19.8 Å². The Hall–Kier alpha value is -3.36. The van der Waals surface area contributed by atoms with Crippen LogP contribution in [0, 0.1) is 25.7 Å². The lowest BCUT2D eigenvalue weighted by atomic mass is 9.70. The van der Waals surface area contributed by atoms with Gasteiger partial charge in [-0.1, -0.05) is 54.6 Å². The molecule has 3 fully saturated rings. The van der Waals surface area contributed by atoms with Gasteiger partial charge in [-0.3, -0.25) is 14.4 Å². The highest BCUT2D eigenvalue weighted by Crippen LogP contribution is 2.67. The van der Waals surface area contributed by atoms with Crippen LogP contribution in [-0.4, -0.2) is 74.4 Å². The maximum atomic E-state index is 14.7. The van der Waals surface area contributed by atoms with Gasteiger partial charge in [-0.25, -0.2) is 0 Å². The number of nitrogens with zero attached hydrogens (tertiary/aromatic N) is 3. The second-order valence-corrected chi connectivity index (χ2v) is 13.5. The molecule has 5 rings (SSSR count). The van der Waals surface area contributed by atoms with E-state index in [9.17, 15) is 19.5 Å². The van der Waals surface area contributed by atoms with Gasteiger partial charge in [0.05, 0.1) is 29.2 Å². The predicted octanol–water partition coefficient (Wildman–Crippen LogP) is 4.51. The molecule has 0 saturated carbocycles. The Kier molecular flexibility index (Phi) is 8.67. The molecule has 2 aromatic rings. The number of rotatable bonds is 11. The summed E-state index contributed by atoms with van der Waals surface area (Å²) < 4.78 is -0.744. The van der Waals surface area contributed by atoms with E-state index in [4.69, 9.17) is 0 Å². The van der Waals surface area contributed by atoms with Crippen LogP contribution in [0.3, 0.4) is 0 Å². The molecule has 3 aliphatic heterocycles. The summed E-state index contributed by atoms with van der Waals surface area (Å²) in [6, 6.07) is 14.4. The maximum absolute atomic E-state index is 14.7. The molecule has 1 N–H and O–H groups in total. The standard InChI is InChI=1S/C34H41N3O4S/c1-6-17-35(20-25-11-9-8-10-12-25)31(39)28-27-15-16-34(42-27)29(28)32(40)37(24(5)21-38)30(34)33(41)36(18-7-2)26-19-22(3)13-14-23(26)4/h6-14,19,24,27-30,38H,1-2,15-18,20-21H2,3-5H3/t24-,27-,28+,29+,30?,34?/m1/s1. The van der Waals surface area contributed by atoms with Crippen LogP contribution in [-0.2, 0) is 20.9 Å². The Morgan fingerprint density at radius 3 is 2.50 bits per heavy atom. The highest BCUT2D eigenvalue weighted by Gasteiger charge is 2.74. The lowest BCUT2D eigenvalue weighted by molar-refractivity contribution is -0.145. The van der Waals surface area contributed by atoms with Crippen molar-refractivity contribution in [3.63, 3.8) is 0 Å². The fourth-order valence-corrected chi connectivity index (χ4v) is 9.40. The molecule has 0 aliphatic carbocycles. The number of carbonyl (C=O) groups is 3. The van der Waals surface area contributed by atoms with Crippen LogP contribution in [0.4, 0.5) is 5.69 Å². The van der Waals surface area contributed by atoms with Crippen LogP contribution in [0.2, 0.25) is 0 Å². The lowest BCUT2D eigenvalue weighted by Crippen LogP contribution is -2.57. The Labute approximate surface area is 253 Å². The minimum Gasteiger partial charge on any atom is -0.394 e. The number of likely N-dealkylation sites (tertiary alicyclic amines) is 1. The first-order chi connectivity index (χ1) is 20.2. The normalized spacial score (nSPS) is 26.6. The summed E-state index contributed by atoms with van der Waals surface area (Å²) in [6.07, 6.45) is 4.85. The van der Waals surface area contributed by atoms with E-state index >= 15 is 0 Å². The molecule has 7 nitrogen and oxygen atoms in total. The number of aliphatic hydroxyl groups excluding tert-OH is 1. The smallest absolute Gasteiger partial charge is 0.251 e. The highest BCUT2D eigenvalue weighted by atomic mass is 32.2. The Bertz CT molecular complexity index is 1380. The third kappa shape index (κ3) is 4.98. The molecule has 2 aromatic carbocycles. The Morgan fingerprint density at radius 1 is 1.12 bits per heavy atom. The third-order valence-electron chi connectivity index (χ3n) is 9.11. The lowest BCUT2D eigenvalue weighted by Gasteiger charge is -2.39. The number of anilines is 1. The quantitative estimate of drug-likeness (QED) is 0.392. The number of thioether (sulfide) groups is 1. The molecule has 8 heteroatoms. The molecule has 6 atom stereocenters. The number of benzene rings is 2. The van der Waals surface area contributed by atoms with Gasteiger partial charge in [0, 0.05) is 30.6 Å². The van der Waals surface area contributed by atoms with E-state index in [1.807, 2.05) is 62.4 Å². The van der Waals surface area contributed by atoms with Crippen LogP contribution in [0.25, 0.3) is 0 Å². The number of aryl methyl sites for hydroxylation is 2. The Balaban J connectivity index is 1.55. The van der Waals surface area contributed by atoms with Crippen molar-refractivity contribution in [1.29, 1.82) is 0 Å². The molecular weight excluding hydrogens is 546 g/mol. The molecule has 3 saturated heterocycles. The fourth-order valence-electron chi connectivity index (χ4n) is 7.21. The van der Waals surface area contributed by atoms with E-state index in [0.29, 0.717) is 19.5 Å². The van der Waals surface area contributed by atoms with Crippen molar-refractivity contribution < 1.29 is 19.5 Å². The van der Waals surface area contributed by atoms with Gasteiger partial charge in [0.2, 0.25) is 11.8 Å². The molecular formula is C34H41N3O4S. The van der Waals surface area contributed by atoms with Crippen LogP contribution < -0.4 is 4.90 Å². The van der Waals surface area contributed by atoms with Crippen molar-refractivity contribution in [2.24, 2.45) is 11.8 Å². The molecule has 2 bridgehead atoms. The van der Waals surface area contributed by atoms with Gasteiger partial charge in [-0.05, 0) is 56.4 Å². The van der Waals surface area contributed by atoms with E-state index in [2.05, 4.69) is 13.2 Å². The summed E-state index contributed by atoms with van der Waals surface area (Å²) in [4.78, 5) is 48.6. The Morgan fingerprint density at radius 2 is 1.83 bits per heavy atom. The van der Waals surface area contributed by atoms with Crippen LogP contribution in [0.15, 0.2) is 73.8 Å². The molecule has 1 spiro atoms. The first kappa shape index (κ1) is 30.1. The van der Waals surface area contributed by atoms with Crippen LogP contribution in [0.1, 0.15) is 36.5 Å². The largest absolute Gasteiger partial charge is 0.394 e. The average molecular weight is 588 g/mol. The number of fused-ring (bicyclic) bond motifs is 1. The minimum absolute atomic E-state index is 0.0509. The van der Waals surface area contributed by atoms with Gasteiger partial charge in [0.25, 0.3) is 5.91 Å². The monoisotopic (exact) mass is 587 g/mol. The van der Waals surface area contributed by atoms with Crippen molar-refractivity contribution >= 4 is 35.2 Å². The van der Waals surface area contributed by atoms with Crippen molar-refractivity contribution in [2.45, 2.75) is 62.2 Å². The van der Waals surface area contributed by atoms with E-state index in [1.54, 1.807) is 45.5 Å². The summed E-state index contributed by atoms with van der Waals surface area (Å²) in [5, 5.41) is 10.2. The SMILES string of the molecule is C=CCN(Cc1ccccc1)C(=O)[C@@H]1[C@H]2C(=O)N([C@H](C)CO)C(C(=O)N(CC=C)c3cc(C)ccc3C)C23CC[C@H]1S3. The van der Waals surface area contributed by atoms with Crippen LogP contribution in [0.5, 0.6) is 0 Å². The summed E-state index contributed by atoms with van der Waals surface area (Å²) in [7, 11) is 0. The molecule has 3 aliphatic rings. The first-order valence-corrected chi connectivity index (χ1v) is 15.6. The highest BCUT2D eigenvalue weighted by molar-refractivity contribution is 8.02. The third-order valence-corrected chi connectivity index (χ3v) is 11.1. The van der Waals surface area contributed by atoms with Gasteiger partial charge in [-0.15, -0.1) is 24.9 Å². The zero-order valence-corrected chi connectivity index (χ0v) is 25.6. The maximum Gasteiger partial charge on any atom is 0.251 e. The molecule has 3 heterocycles. The van der Waals surface area contributed by atoms with E-state index < -0.39 is 28.7 Å². The van der Waals surface area contributed by atoms with Crippen molar-refractivity contribution in [3.8, 4) is 0 Å². The topological polar surface area (TPSA) is 81.2 Å². The number of hydrogen-bond acceptors (Lipinski definition) is 5. The number of aliphatic hydroxyl groups is 1. The molecule has 222 valence electrons. The second kappa shape index (κ2) is 12.1. The second-order valence-electron chi connectivity index (χ2n) is 11.9. The van der Waals surface area contributed by atoms with Gasteiger partial charge in [0.15, 0.2) is 0 Å². The van der Waals surface area contributed by atoms with Gasteiger partial charge in [-0.2, -0.15) is 0 Å². The van der Waals surface area contributed by atoms with E-state index in [-0.39, 0.29) is 36.1 Å². The summed E-state index contributed by atoms with van der Waals surface area (Å²) in [5.41, 5.74) is 3.77. The summed E-state index contributed by atoms with van der Waals surface area (Å²) in [5.74, 6) is -1.64. The number of hydrogen-bond donors (Lipinski definition) is 1. The van der Waals surface area contributed by atoms with E-state index in [0.717, 1.165) is 28.8 Å². The molecule has 0 radical (unpaired) electrons. The average Bonchev–Trinajstić information content (AvgIpc) is 3.64. The predicted molar refractivity (Wildman–Crippen MR) is 168 cm³/mol. The molecule has 0 aromatic heterocycles. The van der Waals surface area contributed by atoms with Crippen molar-refractivity contribution in [3.05, 3.63) is 90.5 Å². The minimum atomic E-state index is -0.799. The fraction of sp³-hybridized carbons (Fsp3) is 0.441. The zero-order chi connectivity index (χ0) is 30.2. The van der Waals surface area contributed by atoms with Crippen LogP contribution >= 0.6 is 11.8 Å². The van der Waals surface area contributed by atoms with Gasteiger partial charge in [0.1, 0.15) is 6.04 Å².